The molecular weight excluding hydrogens is 236 g/mol. The molecule has 7 nitrogen and oxygen atoms in total. The Hall–Kier alpha value is -0.660. The molecule has 0 aromatic carbocycles. The highest BCUT2D eigenvalue weighted by Gasteiger charge is 2.01. The van der Waals surface area contributed by atoms with E-state index in [-0.39, 0.29) is 19.6 Å². The molecule has 0 spiro atoms. The van der Waals surface area contributed by atoms with E-state index in [9.17, 15) is 16.8 Å². The second-order valence-corrected chi connectivity index (χ2v) is 3.65. The van der Waals surface area contributed by atoms with Gasteiger partial charge in [-0.15, -0.1) is 0 Å². The summed E-state index contributed by atoms with van der Waals surface area (Å²) in [5.74, 6) is 4.66. The molecule has 0 aliphatic heterocycles. The highest BCUT2D eigenvalue weighted by atomic mass is 32.3. The molecule has 0 aromatic rings. The SMILES string of the molecule is O=[SH](=O)OCC#CCCOS(=O)(=O)O. The lowest BCUT2D eigenvalue weighted by Crippen LogP contribution is -2.04. The Bertz CT molecular complexity index is 374. The van der Waals surface area contributed by atoms with Gasteiger partial charge in [0.2, 0.25) is 0 Å². The van der Waals surface area contributed by atoms with Crippen LogP contribution in [-0.4, -0.2) is 34.6 Å². The largest absolute Gasteiger partial charge is 0.397 e. The highest BCUT2D eigenvalue weighted by Crippen LogP contribution is 1.87. The highest BCUT2D eigenvalue weighted by molar-refractivity contribution is 7.80. The standard InChI is InChI=1S/C5H8O7S2/c6-13(7)11-4-2-1-3-5-12-14(8,9)10/h13H,3-5H2,(H,8,9,10). The number of hydrogen-bond acceptors (Lipinski definition) is 6. The molecule has 0 fully saturated rings. The molecule has 0 bridgehead atoms. The molecule has 0 saturated carbocycles. The first kappa shape index (κ1) is 13.3. The Labute approximate surface area is 83.1 Å². The minimum atomic E-state index is -4.43. The van der Waals surface area contributed by atoms with Crippen LogP contribution in [0.2, 0.25) is 0 Å². The first-order valence-corrected chi connectivity index (χ1v) is 5.73. The molecule has 0 rings (SSSR count). The first-order chi connectivity index (χ1) is 6.42. The normalized spacial score (nSPS) is 11.0. The van der Waals surface area contributed by atoms with Crippen molar-refractivity contribution in [3.05, 3.63) is 0 Å². The summed E-state index contributed by atoms with van der Waals surface area (Å²) < 4.78 is 55.7. The lowest BCUT2D eigenvalue weighted by molar-refractivity contribution is 0.275. The topological polar surface area (TPSA) is 107 Å². The van der Waals surface area contributed by atoms with Crippen molar-refractivity contribution in [1.29, 1.82) is 0 Å². The van der Waals surface area contributed by atoms with Crippen LogP contribution in [0.1, 0.15) is 6.42 Å². The third-order valence-corrected chi connectivity index (χ3v) is 1.63. The van der Waals surface area contributed by atoms with Gasteiger partial charge in [0.05, 0.1) is 6.61 Å². The van der Waals surface area contributed by atoms with Crippen LogP contribution in [0.5, 0.6) is 0 Å². The molecule has 14 heavy (non-hydrogen) atoms. The van der Waals surface area contributed by atoms with Crippen LogP contribution in [0.25, 0.3) is 0 Å². The van der Waals surface area contributed by atoms with Gasteiger partial charge in [-0.2, -0.15) is 8.42 Å². The van der Waals surface area contributed by atoms with Crippen LogP contribution in [0.3, 0.4) is 0 Å². The van der Waals surface area contributed by atoms with Crippen molar-refractivity contribution >= 4 is 21.4 Å². The second kappa shape index (κ2) is 6.74. The maximum absolute atomic E-state index is 9.99. The van der Waals surface area contributed by atoms with Gasteiger partial charge in [0, 0.05) is 6.42 Å². The van der Waals surface area contributed by atoms with Gasteiger partial charge in [0.1, 0.15) is 6.61 Å². The molecule has 0 aliphatic rings. The predicted octanol–water partition coefficient (Wildman–Crippen LogP) is -1.26. The molecule has 0 amide bonds. The smallest absolute Gasteiger partial charge is 0.264 e. The summed E-state index contributed by atoms with van der Waals surface area (Å²) >= 11 is 0. The molecule has 0 unspecified atom stereocenters. The number of hydrogen-bond donors (Lipinski definition) is 2. The van der Waals surface area contributed by atoms with E-state index in [1.165, 1.54) is 0 Å². The van der Waals surface area contributed by atoms with Crippen molar-refractivity contribution in [3.8, 4) is 11.8 Å². The minimum Gasteiger partial charge on any atom is -0.264 e. The van der Waals surface area contributed by atoms with Crippen LogP contribution in [0, 0.1) is 11.8 Å². The maximum Gasteiger partial charge on any atom is 0.397 e. The fourth-order valence-electron chi connectivity index (χ4n) is 0.422. The third-order valence-electron chi connectivity index (χ3n) is 0.826. The first-order valence-electron chi connectivity index (χ1n) is 3.26. The van der Waals surface area contributed by atoms with Crippen molar-refractivity contribution in [3.63, 3.8) is 0 Å². The zero-order valence-electron chi connectivity index (χ0n) is 6.87. The summed E-state index contributed by atoms with van der Waals surface area (Å²) in [5, 5.41) is 0. The van der Waals surface area contributed by atoms with Crippen molar-refractivity contribution in [1.82, 2.24) is 0 Å². The fraction of sp³-hybridized carbons (Fsp3) is 0.600. The van der Waals surface area contributed by atoms with Crippen molar-refractivity contribution in [2.45, 2.75) is 6.42 Å². The lowest BCUT2D eigenvalue weighted by atomic mass is 10.4. The summed E-state index contributed by atoms with van der Waals surface area (Å²) in [6, 6.07) is 0. The van der Waals surface area contributed by atoms with Gasteiger partial charge in [-0.1, -0.05) is 11.8 Å². The van der Waals surface area contributed by atoms with Gasteiger partial charge in [-0.25, -0.2) is 12.6 Å². The minimum absolute atomic E-state index is 0.0405. The van der Waals surface area contributed by atoms with Crippen molar-refractivity contribution < 1.29 is 29.8 Å². The van der Waals surface area contributed by atoms with E-state index in [0.717, 1.165) is 0 Å². The summed E-state index contributed by atoms with van der Waals surface area (Å²) in [4.78, 5) is 0. The van der Waals surface area contributed by atoms with E-state index in [4.69, 9.17) is 4.55 Å². The number of rotatable bonds is 5. The Morgan fingerprint density at radius 3 is 2.43 bits per heavy atom. The van der Waals surface area contributed by atoms with Crippen LogP contribution in [0.4, 0.5) is 0 Å². The van der Waals surface area contributed by atoms with Crippen LogP contribution >= 0.6 is 0 Å². The lowest BCUT2D eigenvalue weighted by Gasteiger charge is -1.93. The zero-order valence-corrected chi connectivity index (χ0v) is 8.58. The summed E-state index contributed by atoms with van der Waals surface area (Å²) in [6.07, 6.45) is 0.0405. The fourth-order valence-corrected chi connectivity index (χ4v) is 0.886. The molecule has 82 valence electrons. The molecular formula is C5H8O7S2. The predicted molar refractivity (Wildman–Crippen MR) is 46.2 cm³/mol. The van der Waals surface area contributed by atoms with Crippen molar-refractivity contribution in [2.24, 2.45) is 0 Å². The molecule has 0 aromatic heterocycles. The van der Waals surface area contributed by atoms with Gasteiger partial charge < -0.3 is 0 Å². The van der Waals surface area contributed by atoms with E-state index in [1.54, 1.807) is 0 Å². The summed E-state index contributed by atoms with van der Waals surface area (Å²) in [6.45, 7) is -0.583. The van der Waals surface area contributed by atoms with Gasteiger partial charge in [-0.05, 0) is 0 Å². The molecule has 9 heteroatoms. The van der Waals surface area contributed by atoms with Crippen LogP contribution in [0.15, 0.2) is 0 Å². The van der Waals surface area contributed by atoms with E-state index in [1.807, 2.05) is 0 Å². The Balaban J connectivity index is 3.54. The quantitative estimate of drug-likeness (QED) is 0.269. The van der Waals surface area contributed by atoms with Crippen LogP contribution < -0.4 is 0 Å². The summed E-state index contributed by atoms with van der Waals surface area (Å²) in [7, 11) is -7.34. The van der Waals surface area contributed by atoms with Gasteiger partial charge in [0.25, 0.3) is 11.0 Å². The Morgan fingerprint density at radius 1 is 1.29 bits per heavy atom. The average molecular weight is 244 g/mol. The Morgan fingerprint density at radius 2 is 1.93 bits per heavy atom. The molecule has 0 aliphatic carbocycles. The van der Waals surface area contributed by atoms with E-state index < -0.39 is 21.4 Å². The molecule has 0 atom stereocenters. The zero-order chi connectivity index (χ0) is 11.0. The molecule has 0 saturated heterocycles. The third kappa shape index (κ3) is 11.3. The average Bonchev–Trinajstić information content (AvgIpc) is 2.00. The molecule has 1 N–H and O–H groups in total. The molecule has 0 radical (unpaired) electrons. The number of thiol groups is 1. The van der Waals surface area contributed by atoms with E-state index >= 15 is 0 Å². The van der Waals surface area contributed by atoms with E-state index in [2.05, 4.69) is 20.2 Å². The van der Waals surface area contributed by atoms with Gasteiger partial charge >= 0.3 is 10.4 Å². The molecule has 0 heterocycles. The Kier molecular flexibility index (Phi) is 6.43. The van der Waals surface area contributed by atoms with E-state index in [0.29, 0.717) is 0 Å². The summed E-state index contributed by atoms with van der Waals surface area (Å²) in [5.41, 5.74) is 0. The van der Waals surface area contributed by atoms with Gasteiger partial charge in [-0.3, -0.25) is 8.74 Å². The van der Waals surface area contributed by atoms with Crippen LogP contribution in [-0.2, 0) is 29.8 Å². The monoisotopic (exact) mass is 244 g/mol. The second-order valence-electron chi connectivity index (χ2n) is 1.85. The maximum atomic E-state index is 9.99. The van der Waals surface area contributed by atoms with Crippen molar-refractivity contribution in [2.75, 3.05) is 13.2 Å². The van der Waals surface area contributed by atoms with Gasteiger partial charge in [0.15, 0.2) is 0 Å².